The molecule has 0 aliphatic carbocycles. The van der Waals surface area contributed by atoms with E-state index >= 15 is 0 Å². The largest absolute Gasteiger partial charge is 0.543 e. The van der Waals surface area contributed by atoms with Crippen LogP contribution in [0.25, 0.3) is 0 Å². The molecule has 7 heteroatoms. The second-order valence-corrected chi connectivity index (χ2v) is 14.5. The highest BCUT2D eigenvalue weighted by molar-refractivity contribution is 6.74. The number of hydrogen-bond donors (Lipinski definition) is 0. The molecule has 6 nitrogen and oxygen atoms in total. The van der Waals surface area contributed by atoms with Gasteiger partial charge in [-0.1, -0.05) is 39.3 Å². The molecule has 0 saturated carbocycles. The average Bonchev–Trinajstić information content (AvgIpc) is 3.10. The summed E-state index contributed by atoms with van der Waals surface area (Å²) in [5.74, 6) is 0.792. The van der Waals surface area contributed by atoms with E-state index in [4.69, 9.17) is 18.6 Å². The number of fused-ring (bicyclic) bond motifs is 1. The van der Waals surface area contributed by atoms with E-state index in [-0.39, 0.29) is 23.6 Å². The van der Waals surface area contributed by atoms with Gasteiger partial charge in [-0.2, -0.15) is 0 Å². The first-order valence-corrected chi connectivity index (χ1v) is 14.1. The minimum atomic E-state index is -2.25. The van der Waals surface area contributed by atoms with E-state index in [0.717, 1.165) is 34.4 Å². The van der Waals surface area contributed by atoms with E-state index < -0.39 is 8.32 Å². The van der Waals surface area contributed by atoms with Crippen LogP contribution in [0, 0.1) is 0 Å². The van der Waals surface area contributed by atoms with E-state index in [1.54, 1.807) is 7.11 Å². The molecule has 0 atom stereocenters. The second kappa shape index (κ2) is 10.1. The Morgan fingerprint density at radius 2 is 1.78 bits per heavy atom. The maximum atomic E-state index is 12.8. The summed E-state index contributed by atoms with van der Waals surface area (Å²) in [4.78, 5) is 24.3. The summed E-state index contributed by atoms with van der Waals surface area (Å²) in [6.45, 7) is 15.1. The van der Waals surface area contributed by atoms with Gasteiger partial charge in [-0.25, -0.2) is 4.79 Å². The lowest BCUT2D eigenvalue weighted by molar-refractivity contribution is -0.140. The van der Waals surface area contributed by atoms with Crippen molar-refractivity contribution < 1.29 is 28.2 Å². The fourth-order valence-corrected chi connectivity index (χ4v) is 4.59. The molecular weight excluding hydrogens is 424 g/mol. The molecule has 0 amide bonds. The highest BCUT2D eigenvalue weighted by atomic mass is 28.4. The van der Waals surface area contributed by atoms with Crippen LogP contribution in [-0.4, -0.2) is 34.5 Å². The summed E-state index contributed by atoms with van der Waals surface area (Å²) in [7, 11) is 0.805. The minimum absolute atomic E-state index is 0.0391. The molecule has 0 unspecified atom stereocenters. The average molecular weight is 463 g/mol. The third kappa shape index (κ3) is 5.37. The molecule has 1 aromatic carbocycles. The van der Waals surface area contributed by atoms with Crippen LogP contribution < -0.4 is 9.16 Å². The third-order valence-corrected chi connectivity index (χ3v) is 10.9. The van der Waals surface area contributed by atoms with Crippen molar-refractivity contribution in [3.63, 3.8) is 0 Å². The van der Waals surface area contributed by atoms with Crippen molar-refractivity contribution in [2.75, 3.05) is 14.2 Å². The van der Waals surface area contributed by atoms with Gasteiger partial charge in [-0.3, -0.25) is 4.79 Å². The zero-order valence-corrected chi connectivity index (χ0v) is 22.1. The molecule has 0 bridgehead atoms. The van der Waals surface area contributed by atoms with Crippen LogP contribution in [0.3, 0.4) is 0 Å². The predicted octanol–water partition coefficient (Wildman–Crippen LogP) is 5.75. The van der Waals surface area contributed by atoms with Crippen molar-refractivity contribution >= 4 is 20.3 Å². The lowest BCUT2D eigenvalue weighted by Crippen LogP contribution is -2.44. The number of rotatable bonds is 9. The first-order chi connectivity index (χ1) is 14.9. The van der Waals surface area contributed by atoms with Gasteiger partial charge in [-0.15, -0.1) is 0 Å². The number of esters is 2. The van der Waals surface area contributed by atoms with Crippen LogP contribution in [0.4, 0.5) is 0 Å². The van der Waals surface area contributed by atoms with Crippen molar-refractivity contribution in [1.29, 1.82) is 0 Å². The first-order valence-electron chi connectivity index (χ1n) is 11.2. The standard InChI is InChI=1S/C25H38O6Si/c1-10-17-19-15-30-24(27)21(19)23(31-32(8,9)25(3,4)5)18(22(17)29-7)13-11-16(2)12-14-20(26)28-6/h11H,10,12-15H2,1-9H3/b16-11+. The van der Waals surface area contributed by atoms with Crippen LogP contribution >= 0.6 is 0 Å². The summed E-state index contributed by atoms with van der Waals surface area (Å²) in [5, 5.41) is -0.0391. The summed E-state index contributed by atoms with van der Waals surface area (Å²) in [6, 6.07) is 0. The van der Waals surface area contributed by atoms with Gasteiger partial charge < -0.3 is 18.6 Å². The molecule has 1 aliphatic rings. The quantitative estimate of drug-likeness (QED) is 0.264. The molecule has 32 heavy (non-hydrogen) atoms. The fraction of sp³-hybridized carbons (Fsp3) is 0.600. The van der Waals surface area contributed by atoms with Crippen molar-refractivity contribution in [3.05, 3.63) is 33.9 Å². The summed E-state index contributed by atoms with van der Waals surface area (Å²) >= 11 is 0. The van der Waals surface area contributed by atoms with Gasteiger partial charge in [-0.05, 0) is 44.3 Å². The van der Waals surface area contributed by atoms with Crippen LogP contribution in [0.5, 0.6) is 11.5 Å². The SMILES string of the molecule is CCc1c2c(c(O[Si](C)(C)C(C)(C)C)c(C/C=C(\C)CCC(=O)OC)c1OC)C(=O)OC2. The number of allylic oxidation sites excluding steroid dienone is 2. The van der Waals surface area contributed by atoms with Crippen molar-refractivity contribution in [2.45, 2.75) is 85.0 Å². The van der Waals surface area contributed by atoms with Crippen molar-refractivity contribution in [3.8, 4) is 11.5 Å². The maximum Gasteiger partial charge on any atom is 0.342 e. The van der Waals surface area contributed by atoms with E-state index in [2.05, 4.69) is 46.9 Å². The molecule has 0 aromatic heterocycles. The lowest BCUT2D eigenvalue weighted by atomic mass is 9.92. The summed E-state index contributed by atoms with van der Waals surface area (Å²) in [5.41, 5.74) is 4.34. The molecule has 1 heterocycles. The first kappa shape index (κ1) is 26.0. The Labute approximate surface area is 193 Å². The van der Waals surface area contributed by atoms with Crippen molar-refractivity contribution in [2.24, 2.45) is 0 Å². The Hall–Kier alpha value is -2.28. The molecule has 0 saturated heterocycles. The van der Waals surface area contributed by atoms with E-state index in [0.29, 0.717) is 30.6 Å². The molecule has 0 fully saturated rings. The number of benzene rings is 1. The second-order valence-electron chi connectivity index (χ2n) is 9.80. The summed E-state index contributed by atoms with van der Waals surface area (Å²) < 4.78 is 22.8. The van der Waals surface area contributed by atoms with E-state index in [1.807, 2.05) is 6.92 Å². The molecule has 0 radical (unpaired) electrons. The number of carbonyl (C=O) groups excluding carboxylic acids is 2. The molecular formula is C25H38O6Si. The van der Waals surface area contributed by atoms with Gasteiger partial charge >= 0.3 is 11.9 Å². The number of methoxy groups -OCH3 is 2. The Morgan fingerprint density at radius 3 is 2.31 bits per heavy atom. The molecule has 0 N–H and O–H groups in total. The predicted molar refractivity (Wildman–Crippen MR) is 128 cm³/mol. The van der Waals surface area contributed by atoms with Gasteiger partial charge in [0.15, 0.2) is 0 Å². The minimum Gasteiger partial charge on any atom is -0.543 e. The fourth-order valence-electron chi connectivity index (χ4n) is 3.55. The monoisotopic (exact) mass is 462 g/mol. The number of hydrogen-bond acceptors (Lipinski definition) is 6. The van der Waals surface area contributed by atoms with Gasteiger partial charge in [0.25, 0.3) is 8.32 Å². The molecule has 1 aliphatic heterocycles. The Balaban J connectivity index is 2.63. The number of cyclic esters (lactones) is 1. The maximum absolute atomic E-state index is 12.8. The topological polar surface area (TPSA) is 71.1 Å². The van der Waals surface area contributed by atoms with E-state index in [1.165, 1.54) is 7.11 Å². The lowest BCUT2D eigenvalue weighted by Gasteiger charge is -2.38. The highest BCUT2D eigenvalue weighted by Gasteiger charge is 2.42. The normalized spacial score (nSPS) is 14.2. The zero-order valence-electron chi connectivity index (χ0n) is 21.1. The smallest absolute Gasteiger partial charge is 0.342 e. The Morgan fingerprint density at radius 1 is 1.12 bits per heavy atom. The number of ether oxygens (including phenoxy) is 3. The van der Waals surface area contributed by atoms with Gasteiger partial charge in [0.05, 0.1) is 14.2 Å². The van der Waals surface area contributed by atoms with Crippen LogP contribution in [0.2, 0.25) is 18.1 Å². The molecule has 2 rings (SSSR count). The van der Waals surface area contributed by atoms with Gasteiger partial charge in [0, 0.05) is 23.1 Å². The van der Waals surface area contributed by atoms with Gasteiger partial charge in [0.1, 0.15) is 23.7 Å². The van der Waals surface area contributed by atoms with Gasteiger partial charge in [0.2, 0.25) is 0 Å². The number of carbonyl (C=O) groups is 2. The van der Waals surface area contributed by atoms with E-state index in [9.17, 15) is 9.59 Å². The van der Waals surface area contributed by atoms with Crippen LogP contribution in [0.15, 0.2) is 11.6 Å². The zero-order chi connectivity index (χ0) is 24.3. The molecule has 0 spiro atoms. The third-order valence-electron chi connectivity index (χ3n) is 6.59. The molecule has 178 valence electrons. The van der Waals surface area contributed by atoms with Crippen LogP contribution in [0.1, 0.15) is 74.5 Å². The van der Waals surface area contributed by atoms with Crippen LogP contribution in [-0.2, 0) is 33.7 Å². The summed E-state index contributed by atoms with van der Waals surface area (Å²) in [6.07, 6.45) is 4.28. The Kier molecular flexibility index (Phi) is 8.20. The molecule has 1 aromatic rings. The Bertz CT molecular complexity index is 908. The van der Waals surface area contributed by atoms with Crippen molar-refractivity contribution in [1.82, 2.24) is 0 Å². The highest BCUT2D eigenvalue weighted by Crippen LogP contribution is 2.47.